The van der Waals surface area contributed by atoms with Crippen molar-refractivity contribution in [1.29, 1.82) is 0 Å². The van der Waals surface area contributed by atoms with Crippen LogP contribution in [-0.2, 0) is 0 Å². The van der Waals surface area contributed by atoms with Crippen LogP contribution in [0.5, 0.6) is 0 Å². The first-order valence-electron chi connectivity index (χ1n) is 7.59. The zero-order chi connectivity index (χ0) is 15.2. The van der Waals surface area contributed by atoms with Gasteiger partial charge in [0.2, 0.25) is 0 Å². The molecule has 0 aliphatic carbocycles. The first kappa shape index (κ1) is 15.3. The maximum Gasteiger partial charge on any atom is 0.163 e. The molecule has 0 spiro atoms. The molecule has 112 valence electrons. The van der Waals surface area contributed by atoms with Crippen molar-refractivity contribution < 1.29 is 0 Å². The number of nitrogens with two attached hydrogens (primary N) is 1. The Kier molecular flexibility index (Phi) is 5.14. The van der Waals surface area contributed by atoms with E-state index < -0.39 is 0 Å². The van der Waals surface area contributed by atoms with E-state index in [0.717, 1.165) is 30.9 Å². The van der Waals surface area contributed by atoms with Crippen LogP contribution in [0.2, 0.25) is 0 Å². The zero-order valence-electron chi connectivity index (χ0n) is 13.1. The van der Waals surface area contributed by atoms with Gasteiger partial charge in [-0.25, -0.2) is 9.97 Å². The van der Waals surface area contributed by atoms with Gasteiger partial charge >= 0.3 is 0 Å². The maximum absolute atomic E-state index is 5.97. The average Bonchev–Trinajstić information content (AvgIpc) is 2.52. The molecule has 0 saturated heterocycles. The van der Waals surface area contributed by atoms with Gasteiger partial charge in [-0.3, -0.25) is 0 Å². The fraction of sp³-hybridized carbons (Fsp3) is 0.412. The van der Waals surface area contributed by atoms with E-state index in [-0.39, 0.29) is 0 Å². The summed E-state index contributed by atoms with van der Waals surface area (Å²) < 4.78 is 0. The van der Waals surface area contributed by atoms with Gasteiger partial charge in [0.15, 0.2) is 5.82 Å². The summed E-state index contributed by atoms with van der Waals surface area (Å²) in [7, 11) is 0. The summed E-state index contributed by atoms with van der Waals surface area (Å²) in [6.45, 7) is 8.50. The van der Waals surface area contributed by atoms with Gasteiger partial charge in [-0.1, -0.05) is 50.6 Å². The number of aromatic nitrogens is 2. The molecule has 0 radical (unpaired) electrons. The Balaban J connectivity index is 2.34. The minimum atomic E-state index is 0.515. The topological polar surface area (TPSA) is 55.0 Å². The van der Waals surface area contributed by atoms with Crippen molar-refractivity contribution in [3.8, 4) is 11.4 Å². The highest BCUT2D eigenvalue weighted by Crippen LogP contribution is 2.22. The minimum Gasteiger partial charge on any atom is -0.384 e. The summed E-state index contributed by atoms with van der Waals surface area (Å²) in [5.74, 6) is 2.74. The van der Waals surface area contributed by atoms with Crippen LogP contribution in [0.1, 0.15) is 27.2 Å². The van der Waals surface area contributed by atoms with Gasteiger partial charge in [0.1, 0.15) is 11.6 Å². The third-order valence-electron chi connectivity index (χ3n) is 3.70. The van der Waals surface area contributed by atoms with Gasteiger partial charge in [-0.05, 0) is 12.8 Å². The monoisotopic (exact) mass is 284 g/mol. The van der Waals surface area contributed by atoms with Crippen LogP contribution in [0.15, 0.2) is 36.4 Å². The van der Waals surface area contributed by atoms with Crippen molar-refractivity contribution in [3.05, 3.63) is 36.4 Å². The van der Waals surface area contributed by atoms with Gasteiger partial charge in [-0.2, -0.15) is 0 Å². The molecule has 1 aromatic heterocycles. The molecule has 2 rings (SSSR count). The normalized spacial score (nSPS) is 12.1. The van der Waals surface area contributed by atoms with Gasteiger partial charge in [0.05, 0.1) is 0 Å². The number of nitrogens with zero attached hydrogens (tertiary/aromatic N) is 3. The summed E-state index contributed by atoms with van der Waals surface area (Å²) in [6.07, 6.45) is 1.16. The van der Waals surface area contributed by atoms with Crippen molar-refractivity contribution in [2.45, 2.75) is 27.2 Å². The number of rotatable bonds is 6. The lowest BCUT2D eigenvalue weighted by Gasteiger charge is -2.25. The molecule has 0 saturated carbocycles. The van der Waals surface area contributed by atoms with E-state index in [0.29, 0.717) is 17.6 Å². The molecule has 0 aliphatic rings. The Morgan fingerprint density at radius 3 is 2.48 bits per heavy atom. The predicted molar refractivity (Wildman–Crippen MR) is 89.2 cm³/mol. The third kappa shape index (κ3) is 3.94. The summed E-state index contributed by atoms with van der Waals surface area (Å²) in [6, 6.07) is 11.8. The standard InChI is InChI=1S/C17H24N4/c1-4-13(3)12-21(5-2)16-11-15(18)19-17(20-16)14-9-7-6-8-10-14/h6-11,13H,4-5,12H2,1-3H3,(H2,18,19,20). The highest BCUT2D eigenvalue weighted by Gasteiger charge is 2.12. The Labute approximate surface area is 127 Å². The summed E-state index contributed by atoms with van der Waals surface area (Å²) in [5, 5.41) is 0. The molecule has 1 unspecified atom stereocenters. The number of benzene rings is 1. The second kappa shape index (κ2) is 7.07. The molecule has 2 aromatic rings. The fourth-order valence-electron chi connectivity index (χ4n) is 2.22. The first-order valence-corrected chi connectivity index (χ1v) is 7.59. The van der Waals surface area contributed by atoms with Crippen LogP contribution in [0.25, 0.3) is 11.4 Å². The molecule has 21 heavy (non-hydrogen) atoms. The molecule has 0 amide bonds. The number of hydrogen-bond donors (Lipinski definition) is 1. The smallest absolute Gasteiger partial charge is 0.163 e. The van der Waals surface area contributed by atoms with E-state index in [2.05, 4.69) is 30.7 Å². The fourth-order valence-corrected chi connectivity index (χ4v) is 2.22. The summed E-state index contributed by atoms with van der Waals surface area (Å²) in [5.41, 5.74) is 6.97. The van der Waals surface area contributed by atoms with E-state index in [9.17, 15) is 0 Å². The maximum atomic E-state index is 5.97. The minimum absolute atomic E-state index is 0.515. The van der Waals surface area contributed by atoms with E-state index in [1.54, 1.807) is 0 Å². The predicted octanol–water partition coefficient (Wildman–Crippen LogP) is 3.60. The van der Waals surface area contributed by atoms with Crippen molar-refractivity contribution in [2.75, 3.05) is 23.7 Å². The lowest BCUT2D eigenvalue weighted by Crippen LogP contribution is -2.29. The zero-order valence-corrected chi connectivity index (χ0v) is 13.1. The van der Waals surface area contributed by atoms with Crippen LogP contribution in [-0.4, -0.2) is 23.1 Å². The molecule has 0 aliphatic heterocycles. The molecule has 1 aromatic carbocycles. The third-order valence-corrected chi connectivity index (χ3v) is 3.70. The van der Waals surface area contributed by atoms with Crippen molar-refractivity contribution in [3.63, 3.8) is 0 Å². The molecule has 1 heterocycles. The Bertz CT molecular complexity index is 568. The Morgan fingerprint density at radius 1 is 1.14 bits per heavy atom. The summed E-state index contributed by atoms with van der Waals surface area (Å²) >= 11 is 0. The largest absolute Gasteiger partial charge is 0.384 e. The quantitative estimate of drug-likeness (QED) is 0.880. The number of anilines is 2. The molecule has 1 atom stereocenters. The average molecular weight is 284 g/mol. The lowest BCUT2D eigenvalue weighted by molar-refractivity contribution is 0.545. The lowest BCUT2D eigenvalue weighted by atomic mass is 10.1. The van der Waals surface area contributed by atoms with Crippen LogP contribution >= 0.6 is 0 Å². The van der Waals surface area contributed by atoms with Crippen molar-refractivity contribution in [1.82, 2.24) is 9.97 Å². The van der Waals surface area contributed by atoms with Gasteiger partial charge in [-0.15, -0.1) is 0 Å². The van der Waals surface area contributed by atoms with Crippen LogP contribution in [0.3, 0.4) is 0 Å². The second-order valence-corrected chi connectivity index (χ2v) is 5.39. The van der Waals surface area contributed by atoms with Crippen molar-refractivity contribution in [2.24, 2.45) is 5.92 Å². The highest BCUT2D eigenvalue weighted by atomic mass is 15.2. The highest BCUT2D eigenvalue weighted by molar-refractivity contribution is 5.60. The summed E-state index contributed by atoms with van der Waals surface area (Å²) in [4.78, 5) is 11.3. The molecule has 4 heteroatoms. The number of hydrogen-bond acceptors (Lipinski definition) is 4. The van der Waals surface area contributed by atoms with Gasteiger partial charge < -0.3 is 10.6 Å². The van der Waals surface area contributed by atoms with E-state index in [4.69, 9.17) is 10.7 Å². The number of nitrogen functional groups attached to an aromatic ring is 1. The molecule has 4 nitrogen and oxygen atoms in total. The molecular weight excluding hydrogens is 260 g/mol. The van der Waals surface area contributed by atoms with E-state index in [1.165, 1.54) is 0 Å². The Morgan fingerprint density at radius 2 is 1.86 bits per heavy atom. The first-order chi connectivity index (χ1) is 10.1. The van der Waals surface area contributed by atoms with E-state index >= 15 is 0 Å². The van der Waals surface area contributed by atoms with Gasteiger partial charge in [0, 0.05) is 24.7 Å². The second-order valence-electron chi connectivity index (χ2n) is 5.39. The van der Waals surface area contributed by atoms with Crippen molar-refractivity contribution >= 4 is 11.6 Å². The molecule has 2 N–H and O–H groups in total. The van der Waals surface area contributed by atoms with Crippen LogP contribution in [0, 0.1) is 5.92 Å². The Hall–Kier alpha value is -2.10. The van der Waals surface area contributed by atoms with E-state index in [1.807, 2.05) is 36.4 Å². The van der Waals surface area contributed by atoms with Crippen LogP contribution < -0.4 is 10.6 Å². The van der Waals surface area contributed by atoms with Crippen LogP contribution in [0.4, 0.5) is 11.6 Å². The molecular formula is C17H24N4. The molecule has 0 bridgehead atoms. The van der Waals surface area contributed by atoms with Gasteiger partial charge in [0.25, 0.3) is 0 Å². The SMILES string of the molecule is CCC(C)CN(CC)c1cc(N)nc(-c2ccccc2)n1. The molecule has 0 fully saturated rings.